The first kappa shape index (κ1) is 18.9. The Kier molecular flexibility index (Phi) is 5.07. The summed E-state index contributed by atoms with van der Waals surface area (Å²) >= 11 is 0. The van der Waals surface area contributed by atoms with Gasteiger partial charge in [0.15, 0.2) is 0 Å². The lowest BCUT2D eigenvalue weighted by Crippen LogP contribution is -2.50. The summed E-state index contributed by atoms with van der Waals surface area (Å²) < 4.78 is 1.83. The SMILES string of the molecule is CCC1CCC2(CC1)NC(=O)N(CC(=O)N1CCC(n3cncn3)CC1)C2=O. The summed E-state index contributed by atoms with van der Waals surface area (Å²) in [4.78, 5) is 45.0. The lowest BCUT2D eigenvalue weighted by molar-refractivity contribution is -0.140. The molecule has 9 heteroatoms. The maximum atomic E-state index is 13.0. The van der Waals surface area contributed by atoms with Gasteiger partial charge in [-0.25, -0.2) is 14.5 Å². The van der Waals surface area contributed by atoms with Gasteiger partial charge in [-0.2, -0.15) is 5.10 Å². The predicted octanol–water partition coefficient (Wildman–Crippen LogP) is 1.33. The Hall–Kier alpha value is -2.45. The molecular formula is C19H28N6O3. The zero-order chi connectivity index (χ0) is 19.7. The van der Waals surface area contributed by atoms with Crippen LogP contribution in [0, 0.1) is 5.92 Å². The second-order valence-corrected chi connectivity index (χ2v) is 8.24. The largest absolute Gasteiger partial charge is 0.341 e. The van der Waals surface area contributed by atoms with Crippen molar-refractivity contribution in [2.24, 2.45) is 5.92 Å². The van der Waals surface area contributed by atoms with Gasteiger partial charge in [-0.1, -0.05) is 13.3 Å². The van der Waals surface area contributed by atoms with Crippen molar-refractivity contribution in [2.45, 2.75) is 63.5 Å². The number of rotatable bonds is 4. The molecule has 152 valence electrons. The van der Waals surface area contributed by atoms with Crippen molar-refractivity contribution in [2.75, 3.05) is 19.6 Å². The molecule has 2 aliphatic heterocycles. The minimum Gasteiger partial charge on any atom is -0.341 e. The van der Waals surface area contributed by atoms with Crippen LogP contribution in [0.2, 0.25) is 0 Å². The molecule has 1 N–H and O–H groups in total. The van der Waals surface area contributed by atoms with E-state index in [1.807, 2.05) is 4.68 Å². The summed E-state index contributed by atoms with van der Waals surface area (Å²) in [6.07, 6.45) is 9.12. The summed E-state index contributed by atoms with van der Waals surface area (Å²) in [5, 5.41) is 7.06. The third-order valence-electron chi connectivity index (χ3n) is 6.70. The van der Waals surface area contributed by atoms with Gasteiger partial charge in [0.25, 0.3) is 5.91 Å². The first-order chi connectivity index (χ1) is 13.5. The van der Waals surface area contributed by atoms with Crippen molar-refractivity contribution < 1.29 is 14.4 Å². The molecule has 3 fully saturated rings. The average Bonchev–Trinajstić information content (AvgIpc) is 3.33. The molecule has 1 aliphatic carbocycles. The molecule has 0 unspecified atom stereocenters. The summed E-state index contributed by atoms with van der Waals surface area (Å²) in [6, 6.07) is -0.189. The quantitative estimate of drug-likeness (QED) is 0.785. The van der Waals surface area contributed by atoms with Crippen molar-refractivity contribution in [1.82, 2.24) is 29.9 Å². The van der Waals surface area contributed by atoms with E-state index >= 15 is 0 Å². The Morgan fingerprint density at radius 2 is 1.93 bits per heavy atom. The number of aromatic nitrogens is 3. The number of nitrogens with zero attached hydrogens (tertiary/aromatic N) is 5. The summed E-state index contributed by atoms with van der Waals surface area (Å²) in [5.74, 6) is 0.232. The molecule has 4 amide bonds. The maximum absolute atomic E-state index is 13.0. The van der Waals surface area contributed by atoms with E-state index < -0.39 is 11.6 Å². The van der Waals surface area contributed by atoms with E-state index in [-0.39, 0.29) is 24.4 Å². The fraction of sp³-hybridized carbons (Fsp3) is 0.737. The van der Waals surface area contributed by atoms with Crippen LogP contribution in [-0.2, 0) is 9.59 Å². The molecular weight excluding hydrogens is 360 g/mol. The highest BCUT2D eigenvalue weighted by Gasteiger charge is 2.52. The van der Waals surface area contributed by atoms with Crippen molar-refractivity contribution in [3.8, 4) is 0 Å². The van der Waals surface area contributed by atoms with Gasteiger partial charge < -0.3 is 10.2 Å². The van der Waals surface area contributed by atoms with Crippen LogP contribution in [-0.4, -0.2) is 67.6 Å². The molecule has 3 heterocycles. The van der Waals surface area contributed by atoms with Crippen LogP contribution in [0.3, 0.4) is 0 Å². The Morgan fingerprint density at radius 3 is 2.54 bits per heavy atom. The van der Waals surface area contributed by atoms with Gasteiger partial charge in [-0.3, -0.25) is 14.5 Å². The molecule has 4 rings (SSSR count). The van der Waals surface area contributed by atoms with E-state index in [9.17, 15) is 14.4 Å². The predicted molar refractivity (Wildman–Crippen MR) is 100 cm³/mol. The molecule has 0 bridgehead atoms. The number of likely N-dealkylation sites (tertiary alicyclic amines) is 1. The third kappa shape index (κ3) is 3.38. The number of carbonyl (C=O) groups excluding carboxylic acids is 3. The van der Waals surface area contributed by atoms with E-state index in [4.69, 9.17) is 0 Å². The highest BCUT2D eigenvalue weighted by molar-refractivity contribution is 6.09. The summed E-state index contributed by atoms with van der Waals surface area (Å²) in [7, 11) is 0. The highest BCUT2D eigenvalue weighted by atomic mass is 16.2. The van der Waals surface area contributed by atoms with Crippen LogP contribution in [0.4, 0.5) is 4.79 Å². The Labute approximate surface area is 164 Å². The summed E-state index contributed by atoms with van der Waals surface area (Å²) in [5.41, 5.74) is -0.789. The highest BCUT2D eigenvalue weighted by Crippen LogP contribution is 2.37. The second kappa shape index (κ2) is 7.52. The van der Waals surface area contributed by atoms with Crippen LogP contribution < -0.4 is 5.32 Å². The lowest BCUT2D eigenvalue weighted by atomic mass is 9.75. The molecule has 0 atom stereocenters. The third-order valence-corrected chi connectivity index (χ3v) is 6.70. The Balaban J connectivity index is 1.33. The fourth-order valence-corrected chi connectivity index (χ4v) is 4.76. The molecule has 1 spiro atoms. The average molecular weight is 388 g/mol. The second-order valence-electron chi connectivity index (χ2n) is 8.24. The van der Waals surface area contributed by atoms with Gasteiger partial charge in [0.2, 0.25) is 5.91 Å². The van der Waals surface area contributed by atoms with Crippen LogP contribution in [0.15, 0.2) is 12.7 Å². The number of nitrogens with one attached hydrogen (secondary N) is 1. The topological polar surface area (TPSA) is 100 Å². The normalized spacial score (nSPS) is 28.8. The van der Waals surface area contributed by atoms with Gasteiger partial charge in [-0.15, -0.1) is 0 Å². The van der Waals surface area contributed by atoms with E-state index in [0.717, 1.165) is 37.0 Å². The van der Waals surface area contributed by atoms with E-state index in [2.05, 4.69) is 22.3 Å². The number of urea groups is 1. The number of amides is 4. The fourth-order valence-electron chi connectivity index (χ4n) is 4.76. The Bertz CT molecular complexity index is 733. The van der Waals surface area contributed by atoms with Crippen LogP contribution in [0.25, 0.3) is 0 Å². The van der Waals surface area contributed by atoms with Gasteiger partial charge >= 0.3 is 6.03 Å². The van der Waals surface area contributed by atoms with Crippen LogP contribution in [0.1, 0.15) is 57.9 Å². The maximum Gasteiger partial charge on any atom is 0.325 e. The number of imide groups is 1. The van der Waals surface area contributed by atoms with Crippen molar-refractivity contribution >= 4 is 17.8 Å². The van der Waals surface area contributed by atoms with Gasteiger partial charge in [0.05, 0.1) is 6.04 Å². The zero-order valence-electron chi connectivity index (χ0n) is 16.3. The van der Waals surface area contributed by atoms with Crippen molar-refractivity contribution in [3.63, 3.8) is 0 Å². The molecule has 3 aliphatic rings. The number of hydrogen-bond donors (Lipinski definition) is 1. The zero-order valence-corrected chi connectivity index (χ0v) is 16.3. The standard InChI is InChI=1S/C19H28N6O3/c1-2-14-3-7-19(8-4-14)17(27)24(18(28)22-19)11-16(26)23-9-5-15(6-10-23)25-13-20-12-21-25/h12-15H,2-11H2,1H3,(H,22,28). The van der Waals surface area contributed by atoms with E-state index in [1.165, 1.54) is 6.33 Å². The molecule has 9 nitrogen and oxygen atoms in total. The minimum absolute atomic E-state index is 0.167. The van der Waals surface area contributed by atoms with E-state index in [0.29, 0.717) is 31.8 Å². The monoisotopic (exact) mass is 388 g/mol. The molecule has 1 aromatic heterocycles. The van der Waals surface area contributed by atoms with Gasteiger partial charge in [-0.05, 0) is 44.4 Å². The molecule has 1 aromatic rings. The van der Waals surface area contributed by atoms with Crippen molar-refractivity contribution in [1.29, 1.82) is 0 Å². The lowest BCUT2D eigenvalue weighted by Gasteiger charge is -2.35. The van der Waals surface area contributed by atoms with Crippen molar-refractivity contribution in [3.05, 3.63) is 12.7 Å². The smallest absolute Gasteiger partial charge is 0.325 e. The Morgan fingerprint density at radius 1 is 1.21 bits per heavy atom. The van der Waals surface area contributed by atoms with Gasteiger partial charge in [0.1, 0.15) is 24.7 Å². The summed E-state index contributed by atoms with van der Waals surface area (Å²) in [6.45, 7) is 3.18. The van der Waals surface area contributed by atoms with Gasteiger partial charge in [0, 0.05) is 13.1 Å². The molecule has 0 aromatic carbocycles. The van der Waals surface area contributed by atoms with Crippen LogP contribution in [0.5, 0.6) is 0 Å². The molecule has 0 radical (unpaired) electrons. The number of hydrogen-bond acceptors (Lipinski definition) is 5. The van der Waals surface area contributed by atoms with Crippen LogP contribution >= 0.6 is 0 Å². The number of carbonyl (C=O) groups is 3. The molecule has 1 saturated carbocycles. The molecule has 2 saturated heterocycles. The molecule has 28 heavy (non-hydrogen) atoms. The number of piperidine rings is 1. The minimum atomic E-state index is -0.789. The first-order valence-corrected chi connectivity index (χ1v) is 10.3. The first-order valence-electron chi connectivity index (χ1n) is 10.3. The van der Waals surface area contributed by atoms with E-state index in [1.54, 1.807) is 11.2 Å².